The van der Waals surface area contributed by atoms with Crippen molar-refractivity contribution in [2.45, 2.75) is 19.8 Å². The summed E-state index contributed by atoms with van der Waals surface area (Å²) in [5, 5.41) is 0. The van der Waals surface area contributed by atoms with E-state index in [1.54, 1.807) is 36.1 Å². The number of hydrogen-bond acceptors (Lipinski definition) is 6. The summed E-state index contributed by atoms with van der Waals surface area (Å²) in [6.45, 7) is 3.07. The maximum absolute atomic E-state index is 12.7. The van der Waals surface area contributed by atoms with Gasteiger partial charge in [-0.1, -0.05) is 0 Å². The van der Waals surface area contributed by atoms with Gasteiger partial charge in [0.05, 0.1) is 12.5 Å². The number of piperidine rings is 1. The zero-order valence-electron chi connectivity index (χ0n) is 14.1. The van der Waals surface area contributed by atoms with Crippen LogP contribution in [-0.4, -0.2) is 41.5 Å². The monoisotopic (exact) mass is 343 g/mol. The van der Waals surface area contributed by atoms with Gasteiger partial charge in [-0.15, -0.1) is 0 Å². The zero-order valence-corrected chi connectivity index (χ0v) is 14.1. The molecule has 2 heterocycles. The van der Waals surface area contributed by atoms with Crippen LogP contribution in [0.1, 0.15) is 30.3 Å². The molecule has 1 aromatic heterocycles. The molecule has 0 radical (unpaired) electrons. The molecule has 7 heteroatoms. The van der Waals surface area contributed by atoms with Gasteiger partial charge in [-0.2, -0.15) is 0 Å². The Bertz CT molecular complexity index is 754. The summed E-state index contributed by atoms with van der Waals surface area (Å²) in [7, 11) is 0. The lowest BCUT2D eigenvalue weighted by Gasteiger charge is -2.30. The van der Waals surface area contributed by atoms with Crippen LogP contribution in [0.15, 0.2) is 34.9 Å². The minimum absolute atomic E-state index is 0.233. The van der Waals surface area contributed by atoms with Gasteiger partial charge in [0, 0.05) is 24.3 Å². The number of carbonyl (C=O) groups is 2. The number of ether oxygens (including phenoxy) is 1. The first-order chi connectivity index (χ1) is 12.1. The number of nitrogens with zero attached hydrogens (tertiary/aromatic N) is 2. The van der Waals surface area contributed by atoms with Crippen molar-refractivity contribution in [3.63, 3.8) is 0 Å². The highest BCUT2D eigenvalue weighted by atomic mass is 16.5. The number of benzene rings is 1. The number of aromatic nitrogens is 1. The fraction of sp³-hybridized carbons (Fsp3) is 0.389. The Morgan fingerprint density at radius 2 is 2.12 bits per heavy atom. The normalized spacial score (nSPS) is 17.3. The van der Waals surface area contributed by atoms with E-state index in [9.17, 15) is 9.59 Å². The summed E-state index contributed by atoms with van der Waals surface area (Å²) < 4.78 is 10.5. The molecule has 1 aliphatic heterocycles. The Hall–Kier alpha value is -2.83. The average Bonchev–Trinajstić information content (AvgIpc) is 3.12. The van der Waals surface area contributed by atoms with E-state index in [0.29, 0.717) is 31.3 Å². The van der Waals surface area contributed by atoms with E-state index < -0.39 is 0 Å². The minimum atomic E-state index is -0.277. The van der Waals surface area contributed by atoms with Crippen molar-refractivity contribution in [1.82, 2.24) is 9.88 Å². The first-order valence-electron chi connectivity index (χ1n) is 8.36. The number of esters is 1. The third-order valence-corrected chi connectivity index (χ3v) is 4.21. The smallest absolute Gasteiger partial charge is 0.310 e. The van der Waals surface area contributed by atoms with Gasteiger partial charge >= 0.3 is 5.97 Å². The topological polar surface area (TPSA) is 98.7 Å². The van der Waals surface area contributed by atoms with Gasteiger partial charge in [0.2, 0.25) is 5.89 Å². The molecule has 0 saturated carbocycles. The van der Waals surface area contributed by atoms with Gasteiger partial charge in [-0.3, -0.25) is 9.59 Å². The number of oxazole rings is 1. The summed E-state index contributed by atoms with van der Waals surface area (Å²) in [4.78, 5) is 30.5. The van der Waals surface area contributed by atoms with E-state index in [2.05, 4.69) is 4.98 Å². The van der Waals surface area contributed by atoms with Crippen molar-refractivity contribution in [2.75, 3.05) is 25.4 Å². The lowest BCUT2D eigenvalue weighted by Crippen LogP contribution is -2.42. The Morgan fingerprint density at radius 1 is 1.36 bits per heavy atom. The standard InChI is InChI=1S/C18H21N3O4/c1-2-24-18(23)13-4-3-9-21(10-13)17(22)15-11-25-16(20-15)12-5-7-14(19)8-6-12/h5-8,11,13H,2-4,9-10,19H2,1H3. The molecule has 1 aromatic carbocycles. The second-order valence-corrected chi connectivity index (χ2v) is 6.00. The predicted molar refractivity (Wildman–Crippen MR) is 91.6 cm³/mol. The molecular formula is C18H21N3O4. The second kappa shape index (κ2) is 7.38. The van der Waals surface area contributed by atoms with Crippen molar-refractivity contribution in [2.24, 2.45) is 5.92 Å². The third-order valence-electron chi connectivity index (χ3n) is 4.21. The van der Waals surface area contributed by atoms with Crippen molar-refractivity contribution in [3.8, 4) is 11.5 Å². The van der Waals surface area contributed by atoms with Crippen LogP contribution in [0.2, 0.25) is 0 Å². The summed E-state index contributed by atoms with van der Waals surface area (Å²) in [6.07, 6.45) is 2.85. The highest BCUT2D eigenvalue weighted by molar-refractivity contribution is 5.93. The van der Waals surface area contributed by atoms with E-state index in [0.717, 1.165) is 18.4 Å². The number of nitrogens with two attached hydrogens (primary N) is 1. The maximum Gasteiger partial charge on any atom is 0.310 e. The number of rotatable bonds is 4. The van der Waals surface area contributed by atoms with Crippen LogP contribution in [0.25, 0.3) is 11.5 Å². The Labute approximate surface area is 145 Å². The van der Waals surface area contributed by atoms with Crippen LogP contribution < -0.4 is 5.73 Å². The highest BCUT2D eigenvalue weighted by Crippen LogP contribution is 2.23. The third kappa shape index (κ3) is 3.81. The molecular weight excluding hydrogens is 322 g/mol. The Kier molecular flexibility index (Phi) is 5.02. The van der Waals surface area contributed by atoms with Crippen LogP contribution in [0.3, 0.4) is 0 Å². The van der Waals surface area contributed by atoms with Crippen molar-refractivity contribution >= 4 is 17.6 Å². The van der Waals surface area contributed by atoms with Gasteiger partial charge in [0.1, 0.15) is 6.26 Å². The fourth-order valence-corrected chi connectivity index (χ4v) is 2.91. The second-order valence-electron chi connectivity index (χ2n) is 6.00. The maximum atomic E-state index is 12.7. The zero-order chi connectivity index (χ0) is 17.8. The lowest BCUT2D eigenvalue weighted by atomic mass is 9.98. The van der Waals surface area contributed by atoms with Gasteiger partial charge in [-0.05, 0) is 44.0 Å². The summed E-state index contributed by atoms with van der Waals surface area (Å²) in [5.74, 6) is -0.398. The molecule has 1 fully saturated rings. The first-order valence-corrected chi connectivity index (χ1v) is 8.36. The molecule has 7 nitrogen and oxygen atoms in total. The summed E-state index contributed by atoms with van der Waals surface area (Å²) >= 11 is 0. The summed E-state index contributed by atoms with van der Waals surface area (Å²) in [6, 6.07) is 7.06. The SMILES string of the molecule is CCOC(=O)C1CCCN(C(=O)c2coc(-c3ccc(N)cc3)n2)C1. The van der Waals surface area contributed by atoms with E-state index in [1.165, 1.54) is 6.26 Å². The van der Waals surface area contributed by atoms with Crippen LogP contribution in [0.4, 0.5) is 5.69 Å². The molecule has 1 atom stereocenters. The number of likely N-dealkylation sites (tertiary alicyclic amines) is 1. The molecule has 1 unspecified atom stereocenters. The molecule has 3 rings (SSSR count). The fourth-order valence-electron chi connectivity index (χ4n) is 2.91. The van der Waals surface area contributed by atoms with Gasteiger partial charge < -0.3 is 19.8 Å². The summed E-state index contributed by atoms with van der Waals surface area (Å²) in [5.41, 5.74) is 7.29. The molecule has 132 valence electrons. The quantitative estimate of drug-likeness (QED) is 0.676. The predicted octanol–water partition coefficient (Wildman–Crippen LogP) is 2.34. The number of amides is 1. The van der Waals surface area contributed by atoms with Crippen molar-refractivity contribution in [1.29, 1.82) is 0 Å². The number of carbonyl (C=O) groups excluding carboxylic acids is 2. The first kappa shape index (κ1) is 17.0. The van der Waals surface area contributed by atoms with Crippen molar-refractivity contribution in [3.05, 3.63) is 36.2 Å². The largest absolute Gasteiger partial charge is 0.466 e. The Balaban J connectivity index is 1.70. The molecule has 1 saturated heterocycles. The number of anilines is 1. The van der Waals surface area contributed by atoms with Crippen LogP contribution in [0, 0.1) is 5.92 Å². The molecule has 2 N–H and O–H groups in total. The lowest BCUT2D eigenvalue weighted by molar-refractivity contribution is -0.149. The average molecular weight is 343 g/mol. The molecule has 0 bridgehead atoms. The highest BCUT2D eigenvalue weighted by Gasteiger charge is 2.31. The van der Waals surface area contributed by atoms with E-state index >= 15 is 0 Å². The number of hydrogen-bond donors (Lipinski definition) is 1. The van der Waals surface area contributed by atoms with Crippen LogP contribution >= 0.6 is 0 Å². The van der Waals surface area contributed by atoms with Crippen LogP contribution in [0.5, 0.6) is 0 Å². The Morgan fingerprint density at radius 3 is 2.84 bits per heavy atom. The van der Waals surface area contributed by atoms with E-state index in [-0.39, 0.29) is 23.5 Å². The van der Waals surface area contributed by atoms with Gasteiger partial charge in [0.15, 0.2) is 5.69 Å². The van der Waals surface area contributed by atoms with Gasteiger partial charge in [0.25, 0.3) is 5.91 Å². The van der Waals surface area contributed by atoms with Gasteiger partial charge in [-0.25, -0.2) is 4.98 Å². The van der Waals surface area contributed by atoms with E-state index in [4.69, 9.17) is 14.9 Å². The number of nitrogen functional groups attached to an aromatic ring is 1. The molecule has 0 aliphatic carbocycles. The van der Waals surface area contributed by atoms with Crippen molar-refractivity contribution < 1.29 is 18.7 Å². The molecule has 1 aliphatic rings. The molecule has 1 amide bonds. The minimum Gasteiger partial charge on any atom is -0.466 e. The van der Waals surface area contributed by atoms with E-state index in [1.807, 2.05) is 0 Å². The molecule has 25 heavy (non-hydrogen) atoms. The van der Waals surface area contributed by atoms with Crippen LogP contribution in [-0.2, 0) is 9.53 Å². The molecule has 2 aromatic rings. The molecule has 0 spiro atoms.